The summed E-state index contributed by atoms with van der Waals surface area (Å²) in [6, 6.07) is 14.0. The van der Waals surface area contributed by atoms with Gasteiger partial charge in [0.15, 0.2) is 11.5 Å². The lowest BCUT2D eigenvalue weighted by molar-refractivity contribution is -0.148. The summed E-state index contributed by atoms with van der Waals surface area (Å²) in [5, 5.41) is 11.8. The van der Waals surface area contributed by atoms with Crippen molar-refractivity contribution in [2.75, 3.05) is 34.4 Å². The van der Waals surface area contributed by atoms with Crippen molar-refractivity contribution in [3.8, 4) is 17.2 Å². The first-order chi connectivity index (χ1) is 14.1. The highest BCUT2D eigenvalue weighted by atomic mass is 16.5. The van der Waals surface area contributed by atoms with Crippen LogP contribution in [-0.2, 0) is 12.1 Å². The molecule has 0 radical (unpaired) electrons. The highest BCUT2D eigenvalue weighted by Gasteiger charge is 2.51. The van der Waals surface area contributed by atoms with Crippen LogP contribution in [0.25, 0.3) is 0 Å². The van der Waals surface area contributed by atoms with Crippen molar-refractivity contribution in [1.29, 1.82) is 0 Å². The fourth-order valence-electron chi connectivity index (χ4n) is 5.32. The molecule has 2 fully saturated rings. The van der Waals surface area contributed by atoms with Gasteiger partial charge in [-0.25, -0.2) is 0 Å². The summed E-state index contributed by atoms with van der Waals surface area (Å²) in [4.78, 5) is 2.46. The highest BCUT2D eigenvalue weighted by Crippen LogP contribution is 2.49. The van der Waals surface area contributed by atoms with Crippen LogP contribution in [0, 0.1) is 11.8 Å². The lowest BCUT2D eigenvalue weighted by Crippen LogP contribution is -2.57. The Kier molecular flexibility index (Phi) is 5.70. The van der Waals surface area contributed by atoms with Crippen molar-refractivity contribution >= 4 is 0 Å². The molecule has 5 heteroatoms. The van der Waals surface area contributed by atoms with Gasteiger partial charge in [-0.15, -0.1) is 0 Å². The second-order valence-electron chi connectivity index (χ2n) is 8.23. The number of fused-ring (bicyclic) bond motifs is 2. The number of methoxy groups -OCH3 is 3. The van der Waals surface area contributed by atoms with Gasteiger partial charge in [-0.2, -0.15) is 0 Å². The van der Waals surface area contributed by atoms with E-state index in [-0.39, 0.29) is 11.8 Å². The van der Waals surface area contributed by atoms with E-state index in [1.54, 1.807) is 21.3 Å². The van der Waals surface area contributed by atoms with Gasteiger partial charge in [0.25, 0.3) is 0 Å². The number of likely N-dealkylation sites (tertiary alicyclic amines) is 1. The van der Waals surface area contributed by atoms with Crippen LogP contribution in [-0.4, -0.2) is 44.4 Å². The van der Waals surface area contributed by atoms with Crippen LogP contribution >= 0.6 is 0 Å². The van der Waals surface area contributed by atoms with Crippen molar-refractivity contribution in [2.45, 2.75) is 31.4 Å². The maximum Gasteiger partial charge on any atom is 0.165 e. The first kappa shape index (κ1) is 20.0. The summed E-state index contributed by atoms with van der Waals surface area (Å²) < 4.78 is 16.4. The minimum atomic E-state index is -0.764. The Morgan fingerprint density at radius 1 is 0.931 bits per heavy atom. The molecule has 2 aromatic rings. The number of benzene rings is 2. The maximum atomic E-state index is 11.8. The molecule has 2 unspecified atom stereocenters. The Hall–Kier alpha value is -2.24. The van der Waals surface area contributed by atoms with E-state index in [0.717, 1.165) is 60.9 Å². The number of hydrogen-bond donors (Lipinski definition) is 1. The largest absolute Gasteiger partial charge is 0.497 e. The molecule has 29 heavy (non-hydrogen) atoms. The van der Waals surface area contributed by atoms with E-state index >= 15 is 0 Å². The Bertz CT molecular complexity index is 821. The van der Waals surface area contributed by atoms with Crippen LogP contribution in [0.4, 0.5) is 0 Å². The fraction of sp³-hybridized carbons (Fsp3) is 0.500. The van der Waals surface area contributed by atoms with E-state index in [9.17, 15) is 5.11 Å². The number of hydrogen-bond acceptors (Lipinski definition) is 5. The van der Waals surface area contributed by atoms with Gasteiger partial charge in [0.1, 0.15) is 5.75 Å². The van der Waals surface area contributed by atoms with Crippen LogP contribution in [0.1, 0.15) is 30.4 Å². The van der Waals surface area contributed by atoms with Gasteiger partial charge in [0, 0.05) is 37.0 Å². The Balaban J connectivity index is 1.57. The Labute approximate surface area is 173 Å². The molecule has 156 valence electrons. The van der Waals surface area contributed by atoms with Crippen LogP contribution in [0.5, 0.6) is 17.2 Å². The SMILES string of the molecule is COc1ccc(C2(O)C3CCCC2CN(Cc2cccc(OC)c2OC)C3)cc1. The van der Waals surface area contributed by atoms with E-state index in [4.69, 9.17) is 14.2 Å². The average molecular weight is 398 g/mol. The molecule has 0 spiro atoms. The van der Waals surface area contributed by atoms with Gasteiger partial charge >= 0.3 is 0 Å². The molecule has 5 nitrogen and oxygen atoms in total. The molecule has 2 atom stereocenters. The van der Waals surface area contributed by atoms with Crippen molar-refractivity contribution in [3.63, 3.8) is 0 Å². The number of ether oxygens (including phenoxy) is 3. The summed E-state index contributed by atoms with van der Waals surface area (Å²) in [5.74, 6) is 2.83. The molecule has 1 N–H and O–H groups in total. The normalized spacial score (nSPS) is 26.8. The smallest absolute Gasteiger partial charge is 0.165 e. The molecule has 2 bridgehead atoms. The molecule has 1 saturated heterocycles. The summed E-state index contributed by atoms with van der Waals surface area (Å²) in [6.45, 7) is 2.55. The zero-order valence-electron chi connectivity index (χ0n) is 17.6. The molecule has 0 amide bonds. The third-order valence-corrected chi connectivity index (χ3v) is 6.74. The van der Waals surface area contributed by atoms with E-state index < -0.39 is 5.60 Å². The molecule has 1 aliphatic carbocycles. The van der Waals surface area contributed by atoms with Gasteiger partial charge in [0.05, 0.1) is 26.9 Å². The summed E-state index contributed by atoms with van der Waals surface area (Å²) in [5.41, 5.74) is 1.38. The lowest BCUT2D eigenvalue weighted by atomic mass is 9.62. The van der Waals surface area contributed by atoms with Crippen LogP contribution in [0.3, 0.4) is 0 Å². The van der Waals surface area contributed by atoms with Crippen LogP contribution < -0.4 is 14.2 Å². The zero-order chi connectivity index (χ0) is 20.4. The van der Waals surface area contributed by atoms with Gasteiger partial charge in [0.2, 0.25) is 0 Å². The molecule has 1 saturated carbocycles. The Morgan fingerprint density at radius 2 is 1.62 bits per heavy atom. The topological polar surface area (TPSA) is 51.2 Å². The molecule has 2 aromatic carbocycles. The number of aliphatic hydroxyl groups is 1. The molecule has 1 aliphatic heterocycles. The van der Waals surface area contributed by atoms with Gasteiger partial charge in [-0.1, -0.05) is 30.7 Å². The fourth-order valence-corrected chi connectivity index (χ4v) is 5.32. The summed E-state index contributed by atoms with van der Waals surface area (Å²) in [6.07, 6.45) is 3.28. The maximum absolute atomic E-state index is 11.8. The first-order valence-electron chi connectivity index (χ1n) is 10.4. The standard InChI is InChI=1S/C24H31NO4/c1-27-21-12-10-18(11-13-21)24(26)19-7-5-8-20(24)16-25(15-19)14-17-6-4-9-22(28-2)23(17)29-3/h4,6,9-13,19-20,26H,5,7-8,14-16H2,1-3H3. The predicted molar refractivity (Wildman–Crippen MR) is 113 cm³/mol. The van der Waals surface area contributed by atoms with Crippen molar-refractivity contribution < 1.29 is 19.3 Å². The number of nitrogens with zero attached hydrogens (tertiary/aromatic N) is 1. The van der Waals surface area contributed by atoms with E-state index in [1.807, 2.05) is 36.4 Å². The predicted octanol–water partition coefficient (Wildman–Crippen LogP) is 3.83. The monoisotopic (exact) mass is 397 g/mol. The second kappa shape index (κ2) is 8.25. The van der Waals surface area contributed by atoms with E-state index in [0.29, 0.717) is 0 Å². The van der Waals surface area contributed by atoms with Crippen molar-refractivity contribution in [2.24, 2.45) is 11.8 Å². The van der Waals surface area contributed by atoms with Gasteiger partial charge in [-0.05, 0) is 36.6 Å². The minimum Gasteiger partial charge on any atom is -0.497 e. The molecule has 4 rings (SSSR count). The quantitative estimate of drug-likeness (QED) is 0.803. The van der Waals surface area contributed by atoms with Gasteiger partial charge < -0.3 is 19.3 Å². The van der Waals surface area contributed by atoms with Gasteiger partial charge in [-0.3, -0.25) is 4.90 Å². The molecular formula is C24H31NO4. The van der Waals surface area contributed by atoms with Crippen molar-refractivity contribution in [1.82, 2.24) is 4.90 Å². The number of para-hydroxylation sites is 1. The lowest BCUT2D eigenvalue weighted by Gasteiger charge is -2.53. The molecule has 0 aromatic heterocycles. The number of piperidine rings is 1. The first-order valence-corrected chi connectivity index (χ1v) is 10.4. The second-order valence-corrected chi connectivity index (χ2v) is 8.23. The third-order valence-electron chi connectivity index (χ3n) is 6.74. The minimum absolute atomic E-state index is 0.222. The van der Waals surface area contributed by atoms with Crippen molar-refractivity contribution in [3.05, 3.63) is 53.6 Å². The molecule has 2 aliphatic rings. The number of rotatable bonds is 6. The molecule has 1 heterocycles. The van der Waals surface area contributed by atoms with Crippen LogP contribution in [0.2, 0.25) is 0 Å². The summed E-state index contributed by atoms with van der Waals surface area (Å²) >= 11 is 0. The summed E-state index contributed by atoms with van der Waals surface area (Å²) in [7, 11) is 5.03. The molecular weight excluding hydrogens is 366 g/mol. The zero-order valence-corrected chi connectivity index (χ0v) is 17.6. The van der Waals surface area contributed by atoms with Crippen LogP contribution in [0.15, 0.2) is 42.5 Å². The highest BCUT2D eigenvalue weighted by molar-refractivity contribution is 5.46. The Morgan fingerprint density at radius 3 is 2.21 bits per heavy atom. The van der Waals surface area contributed by atoms with E-state index in [1.165, 1.54) is 6.42 Å². The third kappa shape index (κ3) is 3.58. The van der Waals surface area contributed by atoms with E-state index in [2.05, 4.69) is 11.0 Å². The average Bonchev–Trinajstić information content (AvgIpc) is 2.74.